The molecule has 0 saturated carbocycles. The zero-order valence-electron chi connectivity index (χ0n) is 14.0. The van der Waals surface area contributed by atoms with Crippen molar-refractivity contribution in [1.29, 1.82) is 0 Å². The molecule has 0 atom stereocenters. The first-order valence-electron chi connectivity index (χ1n) is 8.31. The second kappa shape index (κ2) is 7.55. The van der Waals surface area contributed by atoms with E-state index in [2.05, 4.69) is 15.5 Å². The number of aromatic nitrogens is 2. The highest BCUT2D eigenvalue weighted by Crippen LogP contribution is 2.33. The number of piperidine rings is 1. The average molecular weight is 364 g/mol. The van der Waals surface area contributed by atoms with Crippen molar-refractivity contribution in [1.82, 2.24) is 15.1 Å². The van der Waals surface area contributed by atoms with Gasteiger partial charge in [-0.05, 0) is 37.0 Å². The van der Waals surface area contributed by atoms with Crippen LogP contribution in [0.5, 0.6) is 0 Å². The molecule has 1 aromatic carbocycles. The Labute approximate surface area is 149 Å². The van der Waals surface area contributed by atoms with E-state index >= 15 is 0 Å². The van der Waals surface area contributed by atoms with Gasteiger partial charge in [0.1, 0.15) is 10.8 Å². The third-order valence-electron chi connectivity index (χ3n) is 4.43. The van der Waals surface area contributed by atoms with Crippen LogP contribution in [0.4, 0.5) is 9.52 Å². The summed E-state index contributed by atoms with van der Waals surface area (Å²) in [5, 5.41) is 22.8. The summed E-state index contributed by atoms with van der Waals surface area (Å²) < 4.78 is 13.4. The minimum absolute atomic E-state index is 0.144. The van der Waals surface area contributed by atoms with Gasteiger partial charge in [0.05, 0.1) is 12.1 Å². The van der Waals surface area contributed by atoms with Gasteiger partial charge in [-0.2, -0.15) is 0 Å². The van der Waals surface area contributed by atoms with Gasteiger partial charge in [-0.3, -0.25) is 15.0 Å². The first-order valence-corrected chi connectivity index (χ1v) is 9.13. The van der Waals surface area contributed by atoms with Crippen LogP contribution in [0.25, 0.3) is 0 Å². The van der Waals surface area contributed by atoms with Gasteiger partial charge in [0.15, 0.2) is 0 Å². The summed E-state index contributed by atoms with van der Waals surface area (Å²) in [5.41, 5.74) is -0.442. The van der Waals surface area contributed by atoms with Gasteiger partial charge in [-0.1, -0.05) is 30.4 Å². The third-order valence-corrected chi connectivity index (χ3v) is 5.41. The maximum atomic E-state index is 13.4. The number of nitrogens with zero attached hydrogens (tertiary/aromatic N) is 3. The van der Waals surface area contributed by atoms with E-state index in [9.17, 15) is 14.3 Å². The number of amides is 1. The maximum Gasteiger partial charge on any atom is 0.240 e. The second-order valence-corrected chi connectivity index (χ2v) is 7.28. The van der Waals surface area contributed by atoms with E-state index in [1.807, 2.05) is 11.8 Å². The van der Waals surface area contributed by atoms with Gasteiger partial charge in [-0.15, -0.1) is 10.2 Å². The van der Waals surface area contributed by atoms with Crippen LogP contribution < -0.4 is 5.32 Å². The average Bonchev–Trinajstić information content (AvgIpc) is 3.04. The highest BCUT2D eigenvalue weighted by molar-refractivity contribution is 7.15. The largest absolute Gasteiger partial charge is 0.385 e. The van der Waals surface area contributed by atoms with E-state index in [-0.39, 0.29) is 18.3 Å². The molecular formula is C17H21FN4O2S. The molecule has 134 valence electrons. The Kier molecular flexibility index (Phi) is 5.41. The topological polar surface area (TPSA) is 78.4 Å². The molecule has 0 unspecified atom stereocenters. The highest BCUT2D eigenvalue weighted by atomic mass is 32.1. The van der Waals surface area contributed by atoms with Crippen molar-refractivity contribution in [2.45, 2.75) is 31.8 Å². The number of halogens is 1. The van der Waals surface area contributed by atoms with Crippen LogP contribution in [0.1, 0.15) is 30.3 Å². The maximum absolute atomic E-state index is 13.4. The zero-order valence-corrected chi connectivity index (χ0v) is 14.9. The Bertz CT molecular complexity index is 744. The molecule has 1 saturated heterocycles. The number of carbonyl (C=O) groups excluding carboxylic acids is 1. The van der Waals surface area contributed by atoms with Crippen LogP contribution in [0.2, 0.25) is 0 Å². The van der Waals surface area contributed by atoms with E-state index in [0.29, 0.717) is 36.6 Å². The third kappa shape index (κ3) is 4.39. The van der Waals surface area contributed by atoms with Crippen molar-refractivity contribution >= 4 is 22.4 Å². The molecule has 25 heavy (non-hydrogen) atoms. The quantitative estimate of drug-likeness (QED) is 0.850. The summed E-state index contributed by atoms with van der Waals surface area (Å²) >= 11 is 1.37. The fourth-order valence-corrected chi connectivity index (χ4v) is 3.65. The second-order valence-electron chi connectivity index (χ2n) is 6.22. The minimum Gasteiger partial charge on any atom is -0.385 e. The van der Waals surface area contributed by atoms with Crippen LogP contribution in [0.15, 0.2) is 24.3 Å². The first-order chi connectivity index (χ1) is 12.0. The monoisotopic (exact) mass is 364 g/mol. The van der Waals surface area contributed by atoms with Gasteiger partial charge in [-0.25, -0.2) is 4.39 Å². The van der Waals surface area contributed by atoms with Gasteiger partial charge < -0.3 is 5.11 Å². The Hall–Kier alpha value is -1.90. The van der Waals surface area contributed by atoms with Crippen LogP contribution in [-0.4, -0.2) is 45.7 Å². The van der Waals surface area contributed by atoms with Crippen molar-refractivity contribution in [3.63, 3.8) is 0 Å². The van der Waals surface area contributed by atoms with Gasteiger partial charge in [0.2, 0.25) is 11.0 Å². The number of aryl methyl sites for hydroxylation is 1. The summed E-state index contributed by atoms with van der Waals surface area (Å²) in [6.07, 6.45) is 1.71. The molecule has 2 aromatic rings. The molecule has 0 spiro atoms. The number of likely N-dealkylation sites (tertiary alicyclic amines) is 1. The lowest BCUT2D eigenvalue weighted by molar-refractivity contribution is -0.118. The van der Waals surface area contributed by atoms with Gasteiger partial charge >= 0.3 is 0 Å². The fourth-order valence-electron chi connectivity index (χ4n) is 2.96. The predicted molar refractivity (Wildman–Crippen MR) is 93.9 cm³/mol. The molecule has 1 aliphatic heterocycles. The number of nitrogens with one attached hydrogen (secondary N) is 1. The number of hydrogen-bond acceptors (Lipinski definition) is 6. The Morgan fingerprint density at radius 1 is 1.40 bits per heavy atom. The predicted octanol–water partition coefficient (Wildman–Crippen LogP) is 2.16. The number of rotatable bonds is 5. The van der Waals surface area contributed by atoms with Crippen molar-refractivity contribution in [3.8, 4) is 0 Å². The van der Waals surface area contributed by atoms with Crippen molar-refractivity contribution in [2.75, 3.05) is 25.0 Å². The zero-order chi connectivity index (χ0) is 17.9. The lowest BCUT2D eigenvalue weighted by atomic mass is 9.84. The lowest BCUT2D eigenvalue weighted by Crippen LogP contribution is -2.45. The molecule has 2 heterocycles. The van der Waals surface area contributed by atoms with Crippen molar-refractivity contribution in [2.24, 2.45) is 0 Å². The van der Waals surface area contributed by atoms with Crippen molar-refractivity contribution < 1.29 is 14.3 Å². The minimum atomic E-state index is -1.04. The number of hydrogen-bond donors (Lipinski definition) is 2. The van der Waals surface area contributed by atoms with E-state index in [4.69, 9.17) is 0 Å². The summed E-state index contributed by atoms with van der Waals surface area (Å²) in [4.78, 5) is 14.1. The molecule has 8 heteroatoms. The van der Waals surface area contributed by atoms with E-state index in [1.165, 1.54) is 23.5 Å². The summed E-state index contributed by atoms with van der Waals surface area (Å²) in [7, 11) is 0. The number of aliphatic hydroxyl groups is 1. The van der Waals surface area contributed by atoms with Crippen LogP contribution in [0, 0.1) is 5.82 Å². The first kappa shape index (κ1) is 17.9. The molecule has 1 aliphatic rings. The number of carbonyl (C=O) groups is 1. The molecule has 1 fully saturated rings. The molecule has 0 aliphatic carbocycles. The molecule has 1 aromatic heterocycles. The van der Waals surface area contributed by atoms with E-state index < -0.39 is 5.60 Å². The van der Waals surface area contributed by atoms with Gasteiger partial charge in [0, 0.05) is 13.1 Å². The molecule has 0 bridgehead atoms. The lowest BCUT2D eigenvalue weighted by Gasteiger charge is -2.38. The molecule has 1 amide bonds. The number of benzene rings is 1. The van der Waals surface area contributed by atoms with Crippen LogP contribution in [-0.2, 0) is 16.8 Å². The fraction of sp³-hybridized carbons (Fsp3) is 0.471. The molecule has 6 nitrogen and oxygen atoms in total. The van der Waals surface area contributed by atoms with Crippen LogP contribution in [0.3, 0.4) is 0 Å². The molecule has 2 N–H and O–H groups in total. The molecule has 0 radical (unpaired) electrons. The summed E-state index contributed by atoms with van der Waals surface area (Å²) in [6.45, 7) is 3.35. The standard InChI is InChI=1S/C17H21FN4O2S/c1-2-15-20-21-16(25-15)19-14(23)11-22-8-6-17(24,7-9-22)12-4-3-5-13(18)10-12/h3-5,10,24H,2,6-9,11H2,1H3,(H,19,21,23). The summed E-state index contributed by atoms with van der Waals surface area (Å²) in [5.74, 6) is -0.494. The van der Waals surface area contributed by atoms with E-state index in [0.717, 1.165) is 11.4 Å². The number of anilines is 1. The SMILES string of the molecule is CCc1nnc(NC(=O)CN2CCC(O)(c3cccc(F)c3)CC2)s1. The normalized spacial score (nSPS) is 17.4. The smallest absolute Gasteiger partial charge is 0.240 e. The Morgan fingerprint density at radius 2 is 2.16 bits per heavy atom. The highest BCUT2D eigenvalue weighted by Gasteiger charge is 2.34. The molecule has 3 rings (SSSR count). The Morgan fingerprint density at radius 3 is 2.80 bits per heavy atom. The van der Waals surface area contributed by atoms with Gasteiger partial charge in [0.25, 0.3) is 0 Å². The Balaban J connectivity index is 1.52. The molecular weight excluding hydrogens is 343 g/mol. The van der Waals surface area contributed by atoms with E-state index in [1.54, 1.807) is 12.1 Å². The summed E-state index contributed by atoms with van der Waals surface area (Å²) in [6, 6.07) is 6.09. The van der Waals surface area contributed by atoms with Crippen molar-refractivity contribution in [3.05, 3.63) is 40.7 Å². The van der Waals surface area contributed by atoms with Crippen LogP contribution >= 0.6 is 11.3 Å².